The predicted octanol–water partition coefficient (Wildman–Crippen LogP) is 11.6. The van der Waals surface area contributed by atoms with Crippen LogP contribution in [0.3, 0.4) is 0 Å². The molecule has 22 nitrogen and oxygen atoms in total. The highest BCUT2D eigenvalue weighted by molar-refractivity contribution is 5.96. The molecule has 11 rings (SSSR count). The second-order valence-electron chi connectivity index (χ2n) is 27.8. The fourth-order valence-corrected chi connectivity index (χ4v) is 12.3. The Morgan fingerprint density at radius 3 is 1.33 bits per heavy atom. The predicted molar refractivity (Wildman–Crippen MR) is 384 cm³/mol. The maximum absolute atomic E-state index is 13.3. The third-order valence-electron chi connectivity index (χ3n) is 18.1. The minimum atomic E-state index is -0.573. The van der Waals surface area contributed by atoms with Crippen molar-refractivity contribution in [1.29, 1.82) is 0 Å². The van der Waals surface area contributed by atoms with E-state index in [0.29, 0.717) is 86.2 Å². The molecule has 4 fully saturated rings. The SMILES string of the molecule is CC(C)(C)OC(=O)N1CCN(CCNC(=O)c2cccc(-c3cn(C(=O)Oc4ccccc4)cn3)c2)CC1.CCC1CCN(Cc2ccccc2)CC1.CN(C(=O)n1cnc(-c2cccc(C(=O)NCCN3CCN(C(=O)OC(C)(C)C)CC3)c2)c1)C1CCN(Cc2ccccc2)CC1. The molecule has 2 aromatic heterocycles. The molecule has 0 saturated carbocycles. The van der Waals surface area contributed by atoms with Crippen molar-refractivity contribution < 1.29 is 43.0 Å². The van der Waals surface area contributed by atoms with Gasteiger partial charge >= 0.3 is 24.3 Å². The number of amides is 5. The number of piperidine rings is 2. The van der Waals surface area contributed by atoms with E-state index in [9.17, 15) is 28.8 Å². The quantitative estimate of drug-likeness (QED) is 0.0868. The first-order valence-electron chi connectivity index (χ1n) is 34.9. The van der Waals surface area contributed by atoms with E-state index in [1.165, 1.54) is 58.9 Å². The Bertz CT molecular complexity index is 3690. The van der Waals surface area contributed by atoms with Crippen LogP contribution in [0.5, 0.6) is 5.75 Å². The minimum Gasteiger partial charge on any atom is -0.444 e. The van der Waals surface area contributed by atoms with Gasteiger partial charge in [0.05, 0.1) is 11.4 Å². The van der Waals surface area contributed by atoms with Crippen LogP contribution >= 0.6 is 0 Å². The van der Waals surface area contributed by atoms with Crippen molar-refractivity contribution in [3.8, 4) is 28.3 Å². The highest BCUT2D eigenvalue weighted by atomic mass is 16.6. The molecule has 6 heterocycles. The summed E-state index contributed by atoms with van der Waals surface area (Å²) >= 11 is 0. The number of nitrogens with one attached hydrogen (secondary N) is 2. The summed E-state index contributed by atoms with van der Waals surface area (Å²) in [4.78, 5) is 99.5. The maximum atomic E-state index is 13.3. The average Bonchev–Trinajstić information content (AvgIpc) is 1.72. The molecule has 528 valence electrons. The maximum Gasteiger partial charge on any atom is 0.424 e. The first-order chi connectivity index (χ1) is 47.6. The van der Waals surface area contributed by atoms with Gasteiger partial charge in [-0.3, -0.25) is 33.8 Å². The zero-order valence-corrected chi connectivity index (χ0v) is 59.1. The largest absolute Gasteiger partial charge is 0.444 e. The summed E-state index contributed by atoms with van der Waals surface area (Å²) in [5.74, 6) is 1.07. The second-order valence-corrected chi connectivity index (χ2v) is 27.8. The first kappa shape index (κ1) is 74.0. The lowest BCUT2D eigenvalue weighted by Gasteiger charge is -2.36. The summed E-state index contributed by atoms with van der Waals surface area (Å²) < 4.78 is 19.0. The topological polar surface area (TPSA) is 212 Å². The Balaban J connectivity index is 0.000000193. The number of hydrogen-bond acceptors (Lipinski definition) is 15. The van der Waals surface area contributed by atoms with E-state index in [1.807, 2.05) is 83.8 Å². The van der Waals surface area contributed by atoms with Gasteiger partial charge in [0.25, 0.3) is 11.8 Å². The number of rotatable bonds is 17. The number of likely N-dealkylation sites (tertiary alicyclic amines) is 2. The van der Waals surface area contributed by atoms with Crippen molar-refractivity contribution in [3.05, 3.63) is 187 Å². The van der Waals surface area contributed by atoms with Gasteiger partial charge in [-0.15, -0.1) is 0 Å². The number of nitrogens with zero attached hydrogens (tertiary/aromatic N) is 11. The molecular weight excluding hydrogens is 1250 g/mol. The van der Waals surface area contributed by atoms with Crippen LogP contribution in [0.2, 0.25) is 0 Å². The summed E-state index contributed by atoms with van der Waals surface area (Å²) in [5, 5.41) is 5.96. The molecule has 5 aromatic carbocycles. The Kier molecular flexibility index (Phi) is 26.9. The van der Waals surface area contributed by atoms with Gasteiger partial charge in [0.2, 0.25) is 0 Å². The van der Waals surface area contributed by atoms with Crippen molar-refractivity contribution in [1.82, 2.24) is 64.0 Å². The van der Waals surface area contributed by atoms with Crippen LogP contribution in [0.15, 0.2) is 165 Å². The Hall–Kier alpha value is -9.22. The van der Waals surface area contributed by atoms with Crippen LogP contribution < -0.4 is 15.4 Å². The number of piperazine rings is 2. The van der Waals surface area contributed by atoms with Gasteiger partial charge in [0.15, 0.2) is 0 Å². The van der Waals surface area contributed by atoms with Gasteiger partial charge in [-0.05, 0) is 134 Å². The lowest BCUT2D eigenvalue weighted by molar-refractivity contribution is 0.0137. The van der Waals surface area contributed by atoms with Crippen LogP contribution in [-0.2, 0) is 22.6 Å². The lowest BCUT2D eigenvalue weighted by Crippen LogP contribution is -2.51. The molecule has 2 N–H and O–H groups in total. The first-order valence-corrected chi connectivity index (χ1v) is 34.9. The summed E-state index contributed by atoms with van der Waals surface area (Å²) in [6.45, 7) is 27.7. The van der Waals surface area contributed by atoms with Gasteiger partial charge < -0.3 is 39.5 Å². The Morgan fingerprint density at radius 1 is 0.485 bits per heavy atom. The van der Waals surface area contributed by atoms with E-state index in [1.54, 1.807) is 83.1 Å². The molecule has 4 aliphatic rings. The Labute approximate surface area is 584 Å². The number of ether oxygens (including phenoxy) is 3. The van der Waals surface area contributed by atoms with Gasteiger partial charge in [-0.1, -0.05) is 116 Å². The van der Waals surface area contributed by atoms with Gasteiger partial charge in [-0.25, -0.2) is 33.7 Å². The number of carbonyl (C=O) groups is 6. The van der Waals surface area contributed by atoms with E-state index >= 15 is 0 Å². The van der Waals surface area contributed by atoms with Crippen LogP contribution in [0.25, 0.3) is 22.5 Å². The second kappa shape index (κ2) is 36.0. The molecule has 0 spiro atoms. The van der Waals surface area contributed by atoms with E-state index in [-0.39, 0.29) is 36.1 Å². The van der Waals surface area contributed by atoms with Crippen LogP contribution in [-0.4, -0.2) is 219 Å². The van der Waals surface area contributed by atoms with Crippen molar-refractivity contribution in [3.63, 3.8) is 0 Å². The van der Waals surface area contributed by atoms with E-state index in [0.717, 1.165) is 76.7 Å². The number of para-hydroxylation sites is 1. The number of imidazole rings is 2. The zero-order valence-electron chi connectivity index (χ0n) is 59.1. The van der Waals surface area contributed by atoms with Gasteiger partial charge in [0.1, 0.15) is 29.6 Å². The highest BCUT2D eigenvalue weighted by Crippen LogP contribution is 2.25. The summed E-state index contributed by atoms with van der Waals surface area (Å²) in [6, 6.07) is 44.5. The van der Waals surface area contributed by atoms with Gasteiger partial charge in [0, 0.05) is 152 Å². The normalized spacial score (nSPS) is 16.1. The Morgan fingerprint density at radius 2 is 0.899 bits per heavy atom. The minimum absolute atomic E-state index is 0.110. The molecule has 0 radical (unpaired) electrons. The number of hydrogen-bond donors (Lipinski definition) is 2. The van der Waals surface area contributed by atoms with Crippen molar-refractivity contribution >= 4 is 36.1 Å². The summed E-state index contributed by atoms with van der Waals surface area (Å²) in [6.07, 6.45) is 11.1. The van der Waals surface area contributed by atoms with E-state index in [4.69, 9.17) is 14.2 Å². The van der Waals surface area contributed by atoms with E-state index < -0.39 is 17.3 Å². The van der Waals surface area contributed by atoms with E-state index in [2.05, 4.69) is 102 Å². The van der Waals surface area contributed by atoms with Crippen molar-refractivity contribution in [2.75, 3.05) is 112 Å². The molecule has 5 amide bonds. The zero-order chi connectivity index (χ0) is 70.3. The summed E-state index contributed by atoms with van der Waals surface area (Å²) in [7, 11) is 1.87. The smallest absolute Gasteiger partial charge is 0.424 e. The van der Waals surface area contributed by atoms with Gasteiger partial charge in [-0.2, -0.15) is 0 Å². The monoisotopic (exact) mass is 1350 g/mol. The molecule has 99 heavy (non-hydrogen) atoms. The van der Waals surface area contributed by atoms with Crippen LogP contribution in [0, 0.1) is 5.92 Å². The molecular formula is C77H101N13O9. The number of carbonyl (C=O) groups excluding carboxylic acids is 6. The highest BCUT2D eigenvalue weighted by Gasteiger charge is 2.30. The number of benzene rings is 5. The fraction of sp³-hybridized carbons (Fsp3) is 0.455. The number of aromatic nitrogens is 4. The van der Waals surface area contributed by atoms with Crippen molar-refractivity contribution in [2.24, 2.45) is 5.92 Å². The molecule has 0 bridgehead atoms. The standard InChI is InChI=1S/C35H47N7O4.C28H33N5O5.C14H21N/c1-35(2,3)46-34(45)41-21-19-39(20-22-41)18-15-36-32(43)29-12-8-11-28(23-29)31-25-42(26-37-31)33(44)38(4)30-13-16-40(17-14-30)24-27-9-6-5-7-10-27;1-28(2,3)38-27(36)32-16-14-31(15-17-32)13-12-29-25(34)22-9-7-8-21(18-22)24-19-33(20-30-24)26(35)37-23-10-5-4-6-11-23;1-2-13-8-10-15(11-9-13)12-14-6-4-3-5-7-14/h5-12,23,25-26,30H,13-22,24H2,1-4H3,(H,36,43);4-11,18-20H,12-17H2,1-3H3,(H,29,34);3-7,13H,2,8-12H2,1H3. The molecule has 4 aliphatic heterocycles. The lowest BCUT2D eigenvalue weighted by atomic mass is 9.94. The average molecular weight is 1350 g/mol. The molecule has 7 aromatic rings. The molecule has 0 unspecified atom stereocenters. The fourth-order valence-electron chi connectivity index (χ4n) is 12.3. The third kappa shape index (κ3) is 23.5. The van der Waals surface area contributed by atoms with Crippen LogP contribution in [0.1, 0.15) is 112 Å². The van der Waals surface area contributed by atoms with Crippen molar-refractivity contribution in [2.45, 2.75) is 111 Å². The summed E-state index contributed by atoms with van der Waals surface area (Å²) in [5.41, 5.74) is 5.44. The molecule has 4 saturated heterocycles. The molecule has 0 atom stereocenters. The van der Waals surface area contributed by atoms with Crippen LogP contribution in [0.4, 0.5) is 19.2 Å². The third-order valence-corrected chi connectivity index (χ3v) is 18.1. The molecule has 22 heteroatoms. The molecule has 0 aliphatic carbocycles.